The number of benzene rings is 2. The van der Waals surface area contributed by atoms with Gasteiger partial charge >= 0.3 is 6.03 Å². The summed E-state index contributed by atoms with van der Waals surface area (Å²) >= 11 is 0. The highest BCUT2D eigenvalue weighted by atomic mass is 16.2. The number of amides is 2. The molecule has 3 aromatic rings. The van der Waals surface area contributed by atoms with Crippen molar-refractivity contribution in [3.63, 3.8) is 0 Å². The van der Waals surface area contributed by atoms with Gasteiger partial charge in [0.25, 0.3) is 0 Å². The minimum atomic E-state index is -0.0276. The quantitative estimate of drug-likeness (QED) is 0.705. The fraction of sp³-hybridized carbons (Fsp3) is 0.286. The molecule has 0 atom stereocenters. The average Bonchev–Trinajstić information content (AvgIpc) is 2.80. The molecule has 0 radical (unpaired) electrons. The second kappa shape index (κ2) is 5.96. The molecule has 4 nitrogen and oxygen atoms in total. The molecular formula is C21H23N3O. The maximum atomic E-state index is 12.9. The second-order valence-corrected chi connectivity index (χ2v) is 7.00. The van der Waals surface area contributed by atoms with Crippen molar-refractivity contribution in [2.75, 3.05) is 11.9 Å². The highest BCUT2D eigenvalue weighted by molar-refractivity contribution is 5.92. The van der Waals surface area contributed by atoms with Crippen LogP contribution in [0.3, 0.4) is 0 Å². The van der Waals surface area contributed by atoms with Crippen molar-refractivity contribution < 1.29 is 4.79 Å². The van der Waals surface area contributed by atoms with Gasteiger partial charge in [0, 0.05) is 42.9 Å². The molecule has 25 heavy (non-hydrogen) atoms. The van der Waals surface area contributed by atoms with Gasteiger partial charge in [-0.1, -0.05) is 24.3 Å². The van der Waals surface area contributed by atoms with Crippen LogP contribution in [0.5, 0.6) is 0 Å². The maximum Gasteiger partial charge on any atom is 0.322 e. The van der Waals surface area contributed by atoms with E-state index in [1.54, 1.807) is 0 Å². The number of aromatic nitrogens is 1. The van der Waals surface area contributed by atoms with Gasteiger partial charge in [-0.3, -0.25) is 0 Å². The Morgan fingerprint density at radius 1 is 1.12 bits per heavy atom. The predicted octanol–water partition coefficient (Wildman–Crippen LogP) is 4.39. The third-order valence-corrected chi connectivity index (χ3v) is 5.11. The van der Waals surface area contributed by atoms with Gasteiger partial charge in [0.2, 0.25) is 0 Å². The lowest BCUT2D eigenvalue weighted by atomic mass is 10.1. The van der Waals surface area contributed by atoms with E-state index in [2.05, 4.69) is 47.4 Å². The molecule has 0 saturated carbocycles. The van der Waals surface area contributed by atoms with Crippen molar-refractivity contribution in [2.45, 2.75) is 26.8 Å². The molecule has 4 rings (SSSR count). The van der Waals surface area contributed by atoms with Crippen molar-refractivity contribution in [1.29, 1.82) is 0 Å². The number of carbonyl (C=O) groups is 1. The first kappa shape index (κ1) is 15.8. The normalized spacial score (nSPS) is 13.8. The summed E-state index contributed by atoms with van der Waals surface area (Å²) < 4.78 is 2.18. The van der Waals surface area contributed by atoms with Crippen LogP contribution in [0.4, 0.5) is 10.5 Å². The van der Waals surface area contributed by atoms with Crippen molar-refractivity contribution in [1.82, 2.24) is 9.47 Å². The summed E-state index contributed by atoms with van der Waals surface area (Å²) in [5.74, 6) is 0. The van der Waals surface area contributed by atoms with Crippen molar-refractivity contribution in [3.05, 3.63) is 64.8 Å². The molecule has 0 aliphatic carbocycles. The van der Waals surface area contributed by atoms with E-state index >= 15 is 0 Å². The van der Waals surface area contributed by atoms with Crippen LogP contribution in [-0.4, -0.2) is 22.0 Å². The molecule has 0 fully saturated rings. The van der Waals surface area contributed by atoms with Gasteiger partial charge in [-0.15, -0.1) is 0 Å². The number of carbonyl (C=O) groups excluding carboxylic acids is 1. The Bertz CT molecular complexity index is 971. The summed E-state index contributed by atoms with van der Waals surface area (Å²) in [5.41, 5.74) is 6.92. The largest absolute Gasteiger partial charge is 0.350 e. The number of urea groups is 1. The van der Waals surface area contributed by atoms with Crippen LogP contribution < -0.4 is 5.32 Å². The monoisotopic (exact) mass is 333 g/mol. The predicted molar refractivity (Wildman–Crippen MR) is 102 cm³/mol. The molecule has 1 aliphatic heterocycles. The van der Waals surface area contributed by atoms with Crippen molar-refractivity contribution in [3.8, 4) is 0 Å². The summed E-state index contributed by atoms with van der Waals surface area (Å²) in [6.45, 7) is 5.43. The van der Waals surface area contributed by atoms with E-state index in [0.717, 1.165) is 29.8 Å². The molecule has 2 aromatic carbocycles. The van der Waals surface area contributed by atoms with Crippen LogP contribution >= 0.6 is 0 Å². The molecule has 4 heteroatoms. The van der Waals surface area contributed by atoms with Gasteiger partial charge in [-0.2, -0.15) is 0 Å². The van der Waals surface area contributed by atoms with Gasteiger partial charge in [0.05, 0.1) is 0 Å². The fourth-order valence-corrected chi connectivity index (χ4v) is 3.72. The van der Waals surface area contributed by atoms with Crippen LogP contribution in [0.25, 0.3) is 10.9 Å². The number of hydrogen-bond donors (Lipinski definition) is 1. The SMILES string of the molecule is Cc1ccc(C)c(NC(=O)N2CCc3cn(C)c4cccc(c34)C2)c1. The Kier molecular flexibility index (Phi) is 3.75. The average molecular weight is 333 g/mol. The van der Waals surface area contributed by atoms with E-state index in [0.29, 0.717) is 6.54 Å². The van der Waals surface area contributed by atoms with Crippen molar-refractivity contribution >= 4 is 22.6 Å². The molecular weight excluding hydrogens is 310 g/mol. The third-order valence-electron chi connectivity index (χ3n) is 5.11. The van der Waals surface area contributed by atoms with Gasteiger partial charge < -0.3 is 14.8 Å². The van der Waals surface area contributed by atoms with Gasteiger partial charge in [0.1, 0.15) is 0 Å². The second-order valence-electron chi connectivity index (χ2n) is 7.00. The minimum Gasteiger partial charge on any atom is -0.350 e. The van der Waals surface area contributed by atoms with Crippen LogP contribution in [0.2, 0.25) is 0 Å². The Morgan fingerprint density at radius 2 is 1.96 bits per heavy atom. The Labute approximate surface area is 148 Å². The van der Waals surface area contributed by atoms with Crippen LogP contribution in [0.15, 0.2) is 42.6 Å². The molecule has 1 aromatic heterocycles. The molecule has 0 spiro atoms. The molecule has 2 heterocycles. The number of nitrogens with zero attached hydrogens (tertiary/aromatic N) is 2. The number of nitrogens with one attached hydrogen (secondary N) is 1. The molecule has 1 N–H and O–H groups in total. The third kappa shape index (κ3) is 2.78. The van der Waals surface area contributed by atoms with E-state index in [1.807, 2.05) is 30.9 Å². The first-order valence-corrected chi connectivity index (χ1v) is 8.72. The first-order chi connectivity index (χ1) is 12.0. The summed E-state index contributed by atoms with van der Waals surface area (Å²) in [4.78, 5) is 14.8. The van der Waals surface area contributed by atoms with Crippen molar-refractivity contribution in [2.24, 2.45) is 7.05 Å². The van der Waals surface area contributed by atoms with E-state index in [9.17, 15) is 4.79 Å². The van der Waals surface area contributed by atoms with Crippen LogP contribution in [-0.2, 0) is 20.0 Å². The molecule has 0 bridgehead atoms. The number of rotatable bonds is 1. The smallest absolute Gasteiger partial charge is 0.322 e. The molecule has 0 unspecified atom stereocenters. The van der Waals surface area contributed by atoms with Gasteiger partial charge in [-0.25, -0.2) is 4.79 Å². The summed E-state index contributed by atoms with van der Waals surface area (Å²) in [7, 11) is 2.09. The molecule has 128 valence electrons. The zero-order chi connectivity index (χ0) is 17.6. The Balaban J connectivity index is 1.62. The number of anilines is 1. The zero-order valence-corrected chi connectivity index (χ0v) is 15.0. The molecule has 1 aliphatic rings. The highest BCUT2D eigenvalue weighted by Gasteiger charge is 2.22. The fourth-order valence-electron chi connectivity index (χ4n) is 3.72. The van der Waals surface area contributed by atoms with Gasteiger partial charge in [-0.05, 0) is 54.7 Å². The minimum absolute atomic E-state index is 0.0276. The van der Waals surface area contributed by atoms with Crippen LogP contribution in [0, 0.1) is 13.8 Å². The van der Waals surface area contributed by atoms with E-state index in [4.69, 9.17) is 0 Å². The van der Waals surface area contributed by atoms with Gasteiger partial charge in [0.15, 0.2) is 0 Å². The summed E-state index contributed by atoms with van der Waals surface area (Å²) in [5, 5.41) is 4.40. The molecule has 2 amide bonds. The lowest BCUT2D eigenvalue weighted by molar-refractivity contribution is 0.210. The standard InChI is InChI=1S/C21H23N3O/c1-14-7-8-15(2)18(11-14)22-21(25)24-10-9-17-12-23(3)19-6-4-5-16(13-24)20(17)19/h4-8,11-12H,9-10,13H2,1-3H3,(H,22,25). The Morgan fingerprint density at radius 3 is 2.80 bits per heavy atom. The highest BCUT2D eigenvalue weighted by Crippen LogP contribution is 2.29. The maximum absolute atomic E-state index is 12.9. The lowest BCUT2D eigenvalue weighted by Crippen LogP contribution is -2.35. The van der Waals surface area contributed by atoms with E-state index < -0.39 is 0 Å². The molecule has 0 saturated heterocycles. The summed E-state index contributed by atoms with van der Waals surface area (Å²) in [6, 6.07) is 12.5. The Hall–Kier alpha value is -2.75. The van der Waals surface area contributed by atoms with E-state index in [-0.39, 0.29) is 6.03 Å². The topological polar surface area (TPSA) is 37.3 Å². The number of aryl methyl sites for hydroxylation is 3. The zero-order valence-electron chi connectivity index (χ0n) is 15.0. The lowest BCUT2D eigenvalue weighted by Gasteiger charge is -2.22. The summed E-state index contributed by atoms with van der Waals surface area (Å²) in [6.07, 6.45) is 3.08. The van der Waals surface area contributed by atoms with E-state index in [1.165, 1.54) is 22.0 Å². The first-order valence-electron chi connectivity index (χ1n) is 8.72. The van der Waals surface area contributed by atoms with Crippen LogP contribution in [0.1, 0.15) is 22.3 Å². The number of hydrogen-bond acceptors (Lipinski definition) is 1.